The molecule has 5 saturated carbocycles. The van der Waals surface area contributed by atoms with Crippen LogP contribution in [-0.4, -0.2) is 59.3 Å². The van der Waals surface area contributed by atoms with Gasteiger partial charge in [-0.15, -0.1) is 36.5 Å². The van der Waals surface area contributed by atoms with E-state index in [4.69, 9.17) is 9.15 Å². The van der Waals surface area contributed by atoms with E-state index in [1.165, 1.54) is 0 Å². The molecule has 0 saturated heterocycles. The van der Waals surface area contributed by atoms with Crippen molar-refractivity contribution in [1.29, 1.82) is 0 Å². The Morgan fingerprint density at radius 2 is 1.52 bits per heavy atom. The fourth-order valence-electron chi connectivity index (χ4n) is 5.28. The third-order valence-electron chi connectivity index (χ3n) is 6.88. The van der Waals surface area contributed by atoms with Gasteiger partial charge in [0.15, 0.2) is 0 Å². The molecule has 1 aromatic rings. The average Bonchev–Trinajstić information content (AvgIpc) is 3.01. The van der Waals surface area contributed by atoms with Gasteiger partial charge in [-0.05, 0) is 32.1 Å². The molecule has 0 unspecified atom stereocenters. The van der Waals surface area contributed by atoms with Crippen LogP contribution in [0.5, 0.6) is 0 Å². The summed E-state index contributed by atoms with van der Waals surface area (Å²) in [6.45, 7) is -0.244. The molecule has 1 aromatic heterocycles. The molecular formula is C19H21F6N3O5. The van der Waals surface area contributed by atoms with Gasteiger partial charge in [0.2, 0.25) is 17.7 Å². The number of carbonyl (C=O) groups is 1. The van der Waals surface area contributed by atoms with Crippen LogP contribution in [0.4, 0.5) is 26.3 Å². The number of halogens is 6. The zero-order chi connectivity index (χ0) is 23.6. The van der Waals surface area contributed by atoms with Crippen molar-refractivity contribution in [1.82, 2.24) is 15.5 Å². The second-order valence-corrected chi connectivity index (χ2v) is 9.53. The summed E-state index contributed by atoms with van der Waals surface area (Å²) >= 11 is 0. The van der Waals surface area contributed by atoms with Crippen molar-refractivity contribution in [2.24, 2.45) is 0 Å². The largest absolute Gasteiger partial charge is 0.522 e. The SMILES string of the molecule is O=C(CO[C@H]1C[C@H](OC(F)(F)F)C1)NC12CC(c3nnc(C4CC(OC(F)(F)F)C4)o3)(C1)C2. The van der Waals surface area contributed by atoms with E-state index < -0.39 is 36.6 Å². The number of aromatic nitrogens is 2. The van der Waals surface area contributed by atoms with Crippen LogP contribution in [0.1, 0.15) is 62.6 Å². The maximum absolute atomic E-state index is 12.2. The highest BCUT2D eigenvalue weighted by atomic mass is 19.4. The number of alkyl halides is 6. The molecule has 14 heteroatoms. The minimum absolute atomic E-state index is 0.0879. The van der Waals surface area contributed by atoms with E-state index in [1.807, 2.05) is 0 Å². The van der Waals surface area contributed by atoms with E-state index in [2.05, 4.69) is 25.0 Å². The standard InChI is InChI=1S/C19H21F6N3O5/c20-18(21,22)32-11-1-9(2-11)14-27-28-15(31-14)16-6-17(7-16,8-16)26-13(29)5-30-10-3-12(4-10)33-19(23,24)25/h9-12H,1-8H2,(H,26,29)/t9?,10-,11?,12-,16?,17?. The third kappa shape index (κ3) is 4.69. The number of hydrogen-bond donors (Lipinski definition) is 1. The number of carbonyl (C=O) groups excluding carboxylic acids is 1. The van der Waals surface area contributed by atoms with Gasteiger partial charge in [0, 0.05) is 24.3 Å². The number of nitrogens with zero attached hydrogens (tertiary/aromatic N) is 2. The quantitative estimate of drug-likeness (QED) is 0.565. The fraction of sp³-hybridized carbons (Fsp3) is 0.842. The summed E-state index contributed by atoms with van der Waals surface area (Å²) < 4.78 is 91.9. The predicted octanol–water partition coefficient (Wildman–Crippen LogP) is 3.23. The molecule has 8 nitrogen and oxygen atoms in total. The lowest BCUT2D eigenvalue weighted by Crippen LogP contribution is -2.77. The minimum Gasteiger partial charge on any atom is -0.424 e. The number of rotatable bonds is 8. The first-order chi connectivity index (χ1) is 15.3. The summed E-state index contributed by atoms with van der Waals surface area (Å²) in [6.07, 6.45) is -9.30. The molecule has 5 fully saturated rings. The van der Waals surface area contributed by atoms with Crippen molar-refractivity contribution >= 4 is 5.91 Å². The van der Waals surface area contributed by atoms with E-state index in [-0.39, 0.29) is 49.5 Å². The molecule has 0 aromatic carbocycles. The highest BCUT2D eigenvalue weighted by Gasteiger charge is 2.72. The van der Waals surface area contributed by atoms with Crippen molar-refractivity contribution in [3.8, 4) is 0 Å². The topological polar surface area (TPSA) is 95.7 Å². The summed E-state index contributed by atoms with van der Waals surface area (Å²) in [6, 6.07) is 0. The Kier molecular flexibility index (Phi) is 5.22. The van der Waals surface area contributed by atoms with Gasteiger partial charge in [-0.1, -0.05) is 0 Å². The van der Waals surface area contributed by atoms with Gasteiger partial charge >= 0.3 is 12.7 Å². The van der Waals surface area contributed by atoms with Crippen molar-refractivity contribution in [3.63, 3.8) is 0 Å². The van der Waals surface area contributed by atoms with Gasteiger partial charge in [-0.25, -0.2) is 0 Å². The molecule has 0 radical (unpaired) electrons. The van der Waals surface area contributed by atoms with E-state index in [9.17, 15) is 31.1 Å². The summed E-state index contributed by atoms with van der Waals surface area (Å²) in [5, 5.41) is 10.9. The van der Waals surface area contributed by atoms with Crippen LogP contribution < -0.4 is 5.32 Å². The van der Waals surface area contributed by atoms with Gasteiger partial charge in [0.25, 0.3) is 0 Å². The monoisotopic (exact) mass is 485 g/mol. The first-order valence-corrected chi connectivity index (χ1v) is 10.6. The Morgan fingerprint density at radius 1 is 0.939 bits per heavy atom. The Labute approximate surface area is 183 Å². The van der Waals surface area contributed by atoms with Crippen LogP contribution >= 0.6 is 0 Å². The zero-order valence-corrected chi connectivity index (χ0v) is 17.2. The first-order valence-electron chi connectivity index (χ1n) is 10.6. The molecule has 0 aliphatic heterocycles. The van der Waals surface area contributed by atoms with Crippen molar-refractivity contribution in [2.45, 2.75) is 92.9 Å². The van der Waals surface area contributed by atoms with Gasteiger partial charge < -0.3 is 14.5 Å². The Morgan fingerprint density at radius 3 is 2.09 bits per heavy atom. The van der Waals surface area contributed by atoms with Crippen LogP contribution in [0.2, 0.25) is 0 Å². The Hall–Kier alpha value is -1.93. The predicted molar refractivity (Wildman–Crippen MR) is 93.5 cm³/mol. The maximum atomic E-state index is 12.2. The molecule has 184 valence electrons. The molecule has 1 heterocycles. The van der Waals surface area contributed by atoms with Crippen LogP contribution in [0.15, 0.2) is 4.42 Å². The molecule has 33 heavy (non-hydrogen) atoms. The molecule has 1 amide bonds. The number of ether oxygens (including phenoxy) is 3. The van der Waals surface area contributed by atoms with E-state index >= 15 is 0 Å². The summed E-state index contributed by atoms with van der Waals surface area (Å²) in [7, 11) is 0. The molecule has 2 bridgehead atoms. The average molecular weight is 485 g/mol. The van der Waals surface area contributed by atoms with E-state index in [0.29, 0.717) is 31.0 Å². The molecule has 6 rings (SSSR count). The summed E-state index contributed by atoms with van der Waals surface area (Å²) in [5.74, 6) is 0.121. The smallest absolute Gasteiger partial charge is 0.424 e. The highest BCUT2D eigenvalue weighted by molar-refractivity contribution is 5.79. The molecule has 5 aliphatic carbocycles. The van der Waals surface area contributed by atoms with Gasteiger partial charge in [-0.3, -0.25) is 14.3 Å². The van der Waals surface area contributed by atoms with Crippen molar-refractivity contribution < 1.29 is 49.8 Å². The van der Waals surface area contributed by atoms with Crippen LogP contribution in [0.3, 0.4) is 0 Å². The highest BCUT2D eigenvalue weighted by Crippen LogP contribution is 2.67. The van der Waals surface area contributed by atoms with E-state index in [1.54, 1.807) is 0 Å². The number of nitrogens with one attached hydrogen (secondary N) is 1. The molecule has 5 aliphatic rings. The third-order valence-corrected chi connectivity index (χ3v) is 6.88. The second-order valence-electron chi connectivity index (χ2n) is 9.53. The Balaban J connectivity index is 1.01. The van der Waals surface area contributed by atoms with Crippen molar-refractivity contribution in [2.75, 3.05) is 6.61 Å². The van der Waals surface area contributed by atoms with Gasteiger partial charge in [0.05, 0.1) is 23.7 Å². The van der Waals surface area contributed by atoms with Gasteiger partial charge in [-0.2, -0.15) is 0 Å². The van der Waals surface area contributed by atoms with E-state index in [0.717, 1.165) is 0 Å². The van der Waals surface area contributed by atoms with Crippen LogP contribution in [-0.2, 0) is 24.4 Å². The summed E-state index contributed by atoms with van der Waals surface area (Å²) in [5.41, 5.74) is -0.722. The normalized spacial score (nSPS) is 37.4. The second kappa shape index (κ2) is 7.54. The number of amides is 1. The lowest BCUT2D eigenvalue weighted by atomic mass is 9.39. The van der Waals surface area contributed by atoms with Crippen LogP contribution in [0.25, 0.3) is 0 Å². The molecular weight excluding hydrogens is 464 g/mol. The van der Waals surface area contributed by atoms with Gasteiger partial charge in [0.1, 0.15) is 6.61 Å². The lowest BCUT2D eigenvalue weighted by molar-refractivity contribution is -0.357. The summed E-state index contributed by atoms with van der Waals surface area (Å²) in [4.78, 5) is 12.2. The molecule has 0 atom stereocenters. The maximum Gasteiger partial charge on any atom is 0.522 e. The number of hydrogen-bond acceptors (Lipinski definition) is 7. The molecule has 0 spiro atoms. The zero-order valence-electron chi connectivity index (χ0n) is 17.2. The first kappa shape index (κ1) is 22.8. The minimum atomic E-state index is -4.67. The lowest BCUT2D eigenvalue weighted by Gasteiger charge is -2.68. The Bertz CT molecular complexity index is 887. The van der Waals surface area contributed by atoms with Crippen molar-refractivity contribution in [3.05, 3.63) is 11.8 Å². The van der Waals surface area contributed by atoms with Crippen LogP contribution in [0, 0.1) is 0 Å². The fourth-order valence-corrected chi connectivity index (χ4v) is 5.28. The molecule has 1 N–H and O–H groups in total.